The predicted molar refractivity (Wildman–Crippen MR) is 118 cm³/mol. The first-order valence-corrected chi connectivity index (χ1v) is 10.6. The second-order valence-corrected chi connectivity index (χ2v) is 8.12. The summed E-state index contributed by atoms with van der Waals surface area (Å²) in [5, 5.41) is 7.57. The molecule has 0 aliphatic carbocycles. The van der Waals surface area contributed by atoms with E-state index in [2.05, 4.69) is 51.5 Å². The number of nitrogens with zero attached hydrogens (tertiary/aromatic N) is 4. The van der Waals surface area contributed by atoms with Crippen molar-refractivity contribution in [3.63, 3.8) is 0 Å². The SMILES string of the molecule is Cc1ccc(C(CNC(=O)c2ccc(-n3nc(C)cc3C)nc2)N2CCCC2)cc1. The van der Waals surface area contributed by atoms with Gasteiger partial charge in [0.1, 0.15) is 0 Å². The molecule has 0 saturated carbocycles. The van der Waals surface area contributed by atoms with Crippen LogP contribution >= 0.6 is 0 Å². The zero-order valence-electron chi connectivity index (χ0n) is 17.9. The van der Waals surface area contributed by atoms with Crippen molar-refractivity contribution in [3.05, 3.63) is 76.7 Å². The standard InChI is InChI=1S/C24H29N5O/c1-17-6-8-20(9-7-17)22(28-12-4-5-13-28)16-26-24(30)21-10-11-23(25-15-21)29-19(3)14-18(2)27-29/h6-11,14-15,22H,4-5,12-13,16H2,1-3H3,(H,26,30). The molecule has 1 unspecified atom stereocenters. The summed E-state index contributed by atoms with van der Waals surface area (Å²) in [6.45, 7) is 8.78. The van der Waals surface area contributed by atoms with Gasteiger partial charge in [-0.05, 0) is 70.5 Å². The van der Waals surface area contributed by atoms with E-state index in [1.807, 2.05) is 32.0 Å². The highest BCUT2D eigenvalue weighted by molar-refractivity contribution is 5.93. The van der Waals surface area contributed by atoms with Crippen molar-refractivity contribution in [3.8, 4) is 5.82 Å². The van der Waals surface area contributed by atoms with Gasteiger partial charge < -0.3 is 5.32 Å². The molecule has 6 heteroatoms. The maximum Gasteiger partial charge on any atom is 0.252 e. The molecule has 1 saturated heterocycles. The maximum absolute atomic E-state index is 12.8. The van der Waals surface area contributed by atoms with Gasteiger partial charge in [-0.1, -0.05) is 29.8 Å². The van der Waals surface area contributed by atoms with E-state index in [9.17, 15) is 4.79 Å². The first-order valence-electron chi connectivity index (χ1n) is 10.6. The fourth-order valence-electron chi connectivity index (χ4n) is 4.10. The Morgan fingerprint density at radius 3 is 2.40 bits per heavy atom. The number of nitrogens with one attached hydrogen (secondary N) is 1. The van der Waals surface area contributed by atoms with Crippen LogP contribution in [-0.2, 0) is 0 Å². The quantitative estimate of drug-likeness (QED) is 0.681. The third kappa shape index (κ3) is 4.44. The summed E-state index contributed by atoms with van der Waals surface area (Å²) >= 11 is 0. The highest BCUT2D eigenvalue weighted by Crippen LogP contribution is 2.25. The van der Waals surface area contributed by atoms with Gasteiger partial charge >= 0.3 is 0 Å². The molecule has 30 heavy (non-hydrogen) atoms. The number of amides is 1. The molecule has 1 fully saturated rings. The van der Waals surface area contributed by atoms with E-state index in [0.717, 1.165) is 24.5 Å². The third-order valence-electron chi connectivity index (χ3n) is 5.74. The van der Waals surface area contributed by atoms with Crippen LogP contribution in [-0.4, -0.2) is 45.2 Å². The Morgan fingerprint density at radius 2 is 1.80 bits per heavy atom. The monoisotopic (exact) mass is 403 g/mol. The lowest BCUT2D eigenvalue weighted by atomic mass is 10.0. The lowest BCUT2D eigenvalue weighted by Gasteiger charge is -2.28. The minimum absolute atomic E-state index is 0.0984. The number of likely N-dealkylation sites (tertiary alicyclic amines) is 1. The van der Waals surface area contributed by atoms with Crippen LogP contribution in [0.3, 0.4) is 0 Å². The fraction of sp³-hybridized carbons (Fsp3) is 0.375. The Kier molecular flexibility index (Phi) is 5.95. The molecule has 4 rings (SSSR count). The Labute approximate surface area is 177 Å². The highest BCUT2D eigenvalue weighted by Gasteiger charge is 2.24. The summed E-state index contributed by atoms with van der Waals surface area (Å²) in [7, 11) is 0. The second kappa shape index (κ2) is 8.79. The van der Waals surface area contributed by atoms with Crippen LogP contribution < -0.4 is 5.32 Å². The molecule has 2 aromatic heterocycles. The van der Waals surface area contributed by atoms with Gasteiger partial charge in [0.25, 0.3) is 5.91 Å². The van der Waals surface area contributed by atoms with E-state index < -0.39 is 0 Å². The lowest BCUT2D eigenvalue weighted by Crippen LogP contribution is -2.36. The predicted octanol–water partition coefficient (Wildman–Crippen LogP) is 3.76. The topological polar surface area (TPSA) is 63.1 Å². The average Bonchev–Trinajstić information content (AvgIpc) is 3.39. The number of aryl methyl sites for hydroxylation is 3. The van der Waals surface area contributed by atoms with Gasteiger partial charge in [-0.15, -0.1) is 0 Å². The van der Waals surface area contributed by atoms with Crippen LogP contribution in [0.4, 0.5) is 0 Å². The van der Waals surface area contributed by atoms with Gasteiger partial charge in [0.05, 0.1) is 17.3 Å². The smallest absolute Gasteiger partial charge is 0.252 e. The van der Waals surface area contributed by atoms with Crippen molar-refractivity contribution < 1.29 is 4.79 Å². The van der Waals surface area contributed by atoms with Gasteiger partial charge in [-0.25, -0.2) is 9.67 Å². The molecule has 156 valence electrons. The van der Waals surface area contributed by atoms with Crippen molar-refractivity contribution in [2.45, 2.75) is 39.7 Å². The Hall–Kier alpha value is -2.99. The van der Waals surface area contributed by atoms with Crippen molar-refractivity contribution in [2.75, 3.05) is 19.6 Å². The largest absolute Gasteiger partial charge is 0.350 e. The molecule has 0 spiro atoms. The van der Waals surface area contributed by atoms with Crippen LogP contribution in [0.25, 0.3) is 5.82 Å². The second-order valence-electron chi connectivity index (χ2n) is 8.12. The molecule has 1 aliphatic heterocycles. The first kappa shape index (κ1) is 20.3. The molecule has 0 bridgehead atoms. The minimum Gasteiger partial charge on any atom is -0.350 e. The number of hydrogen-bond donors (Lipinski definition) is 1. The molecule has 1 N–H and O–H groups in total. The van der Waals surface area contributed by atoms with Crippen molar-refractivity contribution in [2.24, 2.45) is 0 Å². The summed E-state index contributed by atoms with van der Waals surface area (Å²) in [4.78, 5) is 19.7. The molecule has 1 aliphatic rings. The van der Waals surface area contributed by atoms with E-state index in [1.54, 1.807) is 10.9 Å². The van der Waals surface area contributed by atoms with Gasteiger partial charge in [-0.2, -0.15) is 5.10 Å². The number of aromatic nitrogens is 3. The molecular formula is C24H29N5O. The minimum atomic E-state index is -0.0984. The molecule has 3 heterocycles. The molecule has 6 nitrogen and oxygen atoms in total. The van der Waals surface area contributed by atoms with Crippen LogP contribution in [0.5, 0.6) is 0 Å². The van der Waals surface area contributed by atoms with E-state index in [0.29, 0.717) is 17.9 Å². The van der Waals surface area contributed by atoms with E-state index >= 15 is 0 Å². The summed E-state index contributed by atoms with van der Waals surface area (Å²) in [5.41, 5.74) is 5.02. The normalized spacial score (nSPS) is 15.3. The molecular weight excluding hydrogens is 374 g/mol. The zero-order chi connectivity index (χ0) is 21.1. The van der Waals surface area contributed by atoms with Crippen LogP contribution in [0.1, 0.15) is 51.8 Å². The highest BCUT2D eigenvalue weighted by atomic mass is 16.1. The third-order valence-corrected chi connectivity index (χ3v) is 5.74. The van der Waals surface area contributed by atoms with Gasteiger partial charge in [0, 0.05) is 18.4 Å². The first-order chi connectivity index (χ1) is 14.5. The number of carbonyl (C=O) groups excluding carboxylic acids is 1. The number of benzene rings is 1. The zero-order valence-corrected chi connectivity index (χ0v) is 17.9. The Bertz CT molecular complexity index is 1000. The van der Waals surface area contributed by atoms with Crippen molar-refractivity contribution in [1.82, 2.24) is 25.0 Å². The number of carbonyl (C=O) groups is 1. The van der Waals surface area contributed by atoms with Gasteiger partial charge in [-0.3, -0.25) is 9.69 Å². The summed E-state index contributed by atoms with van der Waals surface area (Å²) in [5.74, 6) is 0.616. The van der Waals surface area contributed by atoms with E-state index in [4.69, 9.17) is 0 Å². The summed E-state index contributed by atoms with van der Waals surface area (Å²) in [6.07, 6.45) is 4.06. The summed E-state index contributed by atoms with van der Waals surface area (Å²) < 4.78 is 1.79. The number of pyridine rings is 1. The molecule has 3 aromatic rings. The van der Waals surface area contributed by atoms with Gasteiger partial charge in [0.15, 0.2) is 5.82 Å². The summed E-state index contributed by atoms with van der Waals surface area (Å²) in [6, 6.07) is 14.5. The Morgan fingerprint density at radius 1 is 1.07 bits per heavy atom. The van der Waals surface area contributed by atoms with Crippen molar-refractivity contribution >= 4 is 5.91 Å². The number of hydrogen-bond acceptors (Lipinski definition) is 4. The van der Waals surface area contributed by atoms with Crippen LogP contribution in [0.15, 0.2) is 48.7 Å². The van der Waals surface area contributed by atoms with Crippen LogP contribution in [0, 0.1) is 20.8 Å². The molecule has 1 aromatic carbocycles. The number of rotatable bonds is 6. The fourth-order valence-corrected chi connectivity index (χ4v) is 4.10. The average molecular weight is 404 g/mol. The molecule has 0 radical (unpaired) electrons. The van der Waals surface area contributed by atoms with Crippen molar-refractivity contribution in [1.29, 1.82) is 0 Å². The molecule has 1 amide bonds. The molecule has 1 atom stereocenters. The maximum atomic E-state index is 12.8. The van der Waals surface area contributed by atoms with Gasteiger partial charge in [0.2, 0.25) is 0 Å². The lowest BCUT2D eigenvalue weighted by molar-refractivity contribution is 0.0937. The Balaban J connectivity index is 1.45. The van der Waals surface area contributed by atoms with Crippen LogP contribution in [0.2, 0.25) is 0 Å². The van der Waals surface area contributed by atoms with E-state index in [-0.39, 0.29) is 11.9 Å². The van der Waals surface area contributed by atoms with E-state index in [1.165, 1.54) is 24.0 Å².